The van der Waals surface area contributed by atoms with Crippen LogP contribution in [0.5, 0.6) is 0 Å². The van der Waals surface area contributed by atoms with Crippen LogP contribution in [0.4, 0.5) is 0 Å². The van der Waals surface area contributed by atoms with Gasteiger partial charge in [0, 0.05) is 43.5 Å². The monoisotopic (exact) mass is 411 g/mol. The first-order valence-electron chi connectivity index (χ1n) is 10.7. The fourth-order valence-corrected chi connectivity index (χ4v) is 3.62. The molecule has 0 aliphatic carbocycles. The summed E-state index contributed by atoms with van der Waals surface area (Å²) < 4.78 is 1.85. The van der Waals surface area contributed by atoms with Gasteiger partial charge in [0.1, 0.15) is 0 Å². The Labute approximate surface area is 178 Å². The minimum absolute atomic E-state index is 0.0376. The van der Waals surface area contributed by atoms with E-state index in [4.69, 9.17) is 4.99 Å². The number of pyridine rings is 1. The van der Waals surface area contributed by atoms with Gasteiger partial charge in [-0.3, -0.25) is 4.79 Å². The van der Waals surface area contributed by atoms with Crippen LogP contribution < -0.4 is 10.6 Å². The SMILES string of the molecule is CCNC(=NCc1ccc(-n2nc(C)cc2C)nc1)NC1CCN(C(=O)C(C)C)C1. The summed E-state index contributed by atoms with van der Waals surface area (Å²) in [6.45, 7) is 12.8. The molecule has 0 radical (unpaired) electrons. The van der Waals surface area contributed by atoms with Gasteiger partial charge in [0.05, 0.1) is 12.2 Å². The number of carbonyl (C=O) groups is 1. The third kappa shape index (κ3) is 5.37. The highest BCUT2D eigenvalue weighted by Crippen LogP contribution is 2.13. The number of aromatic nitrogens is 3. The summed E-state index contributed by atoms with van der Waals surface area (Å²) in [5.74, 6) is 1.83. The maximum Gasteiger partial charge on any atom is 0.225 e. The van der Waals surface area contributed by atoms with Gasteiger partial charge in [-0.25, -0.2) is 14.7 Å². The number of aliphatic imine (C=N–C) groups is 1. The Balaban J connectivity index is 1.61. The predicted octanol–water partition coefficient (Wildman–Crippen LogP) is 2.20. The maximum absolute atomic E-state index is 12.2. The molecule has 2 N–H and O–H groups in total. The molecule has 1 aliphatic heterocycles. The van der Waals surface area contributed by atoms with E-state index in [0.717, 1.165) is 54.8 Å². The van der Waals surface area contributed by atoms with Crippen LogP contribution in [0.2, 0.25) is 0 Å². The molecular weight excluding hydrogens is 378 g/mol. The lowest BCUT2D eigenvalue weighted by molar-refractivity contribution is -0.133. The molecule has 2 aromatic heterocycles. The lowest BCUT2D eigenvalue weighted by Crippen LogP contribution is -2.45. The van der Waals surface area contributed by atoms with Crippen molar-refractivity contribution in [2.75, 3.05) is 19.6 Å². The Bertz CT molecular complexity index is 885. The standard InChI is InChI=1S/C22H33N7O/c1-6-23-22(26-19-9-10-28(14-19)21(30)15(2)3)25-13-18-7-8-20(24-12-18)29-17(5)11-16(4)27-29/h7-8,11-12,15,19H,6,9-10,13-14H2,1-5H3,(H2,23,25,26). The van der Waals surface area contributed by atoms with Gasteiger partial charge in [0.25, 0.3) is 0 Å². The van der Waals surface area contributed by atoms with E-state index in [-0.39, 0.29) is 17.9 Å². The first kappa shape index (κ1) is 21.8. The molecule has 162 valence electrons. The predicted molar refractivity (Wildman–Crippen MR) is 119 cm³/mol. The summed E-state index contributed by atoms with van der Waals surface area (Å²) in [4.78, 5) is 23.4. The largest absolute Gasteiger partial charge is 0.357 e. The first-order valence-corrected chi connectivity index (χ1v) is 10.7. The average molecular weight is 412 g/mol. The van der Waals surface area contributed by atoms with Gasteiger partial charge < -0.3 is 15.5 Å². The highest BCUT2D eigenvalue weighted by Gasteiger charge is 2.27. The molecule has 1 amide bonds. The molecule has 0 saturated carbocycles. The third-order valence-corrected chi connectivity index (χ3v) is 5.13. The van der Waals surface area contributed by atoms with Crippen LogP contribution in [0.15, 0.2) is 29.4 Å². The van der Waals surface area contributed by atoms with Crippen molar-refractivity contribution in [2.24, 2.45) is 10.9 Å². The van der Waals surface area contributed by atoms with Crippen molar-refractivity contribution in [1.82, 2.24) is 30.3 Å². The number of likely N-dealkylation sites (tertiary alicyclic amines) is 1. The summed E-state index contributed by atoms with van der Waals surface area (Å²) in [5, 5.41) is 11.2. The Morgan fingerprint density at radius 3 is 2.73 bits per heavy atom. The lowest BCUT2D eigenvalue weighted by atomic mass is 10.2. The Morgan fingerprint density at radius 2 is 2.13 bits per heavy atom. The Morgan fingerprint density at radius 1 is 1.33 bits per heavy atom. The van der Waals surface area contributed by atoms with Gasteiger partial charge in [-0.1, -0.05) is 19.9 Å². The molecule has 1 atom stereocenters. The highest BCUT2D eigenvalue weighted by molar-refractivity contribution is 5.81. The lowest BCUT2D eigenvalue weighted by Gasteiger charge is -2.20. The number of hydrogen-bond donors (Lipinski definition) is 2. The number of guanidine groups is 1. The molecule has 0 aromatic carbocycles. The molecule has 1 fully saturated rings. The fraction of sp³-hybridized carbons (Fsp3) is 0.545. The van der Waals surface area contributed by atoms with Crippen LogP contribution in [-0.4, -0.2) is 57.2 Å². The summed E-state index contributed by atoms with van der Waals surface area (Å²) in [6.07, 6.45) is 2.78. The molecule has 8 nitrogen and oxygen atoms in total. The maximum atomic E-state index is 12.2. The van der Waals surface area contributed by atoms with Crippen molar-refractivity contribution in [3.8, 4) is 5.82 Å². The molecule has 0 bridgehead atoms. The van der Waals surface area contributed by atoms with E-state index in [0.29, 0.717) is 6.54 Å². The van der Waals surface area contributed by atoms with Crippen molar-refractivity contribution in [2.45, 2.75) is 53.6 Å². The molecule has 30 heavy (non-hydrogen) atoms. The summed E-state index contributed by atoms with van der Waals surface area (Å²) >= 11 is 0. The minimum atomic E-state index is 0.0376. The Kier molecular flexibility index (Phi) is 7.07. The first-order chi connectivity index (χ1) is 14.4. The number of nitrogens with zero attached hydrogens (tertiary/aromatic N) is 5. The van der Waals surface area contributed by atoms with Gasteiger partial charge >= 0.3 is 0 Å². The summed E-state index contributed by atoms with van der Waals surface area (Å²) in [6, 6.07) is 6.26. The quantitative estimate of drug-likeness (QED) is 0.562. The van der Waals surface area contributed by atoms with E-state index in [1.165, 1.54) is 0 Å². The number of carbonyl (C=O) groups excluding carboxylic acids is 1. The van der Waals surface area contributed by atoms with Crippen molar-refractivity contribution in [3.05, 3.63) is 41.3 Å². The average Bonchev–Trinajstić information content (AvgIpc) is 3.32. The minimum Gasteiger partial charge on any atom is -0.357 e. The zero-order chi connectivity index (χ0) is 21.7. The van der Waals surface area contributed by atoms with E-state index in [1.807, 2.05) is 68.6 Å². The van der Waals surface area contributed by atoms with Crippen molar-refractivity contribution in [3.63, 3.8) is 0 Å². The van der Waals surface area contributed by atoms with E-state index >= 15 is 0 Å². The van der Waals surface area contributed by atoms with Crippen LogP contribution in [0, 0.1) is 19.8 Å². The second-order valence-corrected chi connectivity index (χ2v) is 8.13. The molecule has 1 aliphatic rings. The zero-order valence-corrected chi connectivity index (χ0v) is 18.6. The molecule has 0 spiro atoms. The molecule has 3 rings (SSSR count). The molecule has 8 heteroatoms. The summed E-state index contributed by atoms with van der Waals surface area (Å²) in [7, 11) is 0. The zero-order valence-electron chi connectivity index (χ0n) is 18.6. The van der Waals surface area contributed by atoms with Gasteiger partial charge in [-0.2, -0.15) is 5.10 Å². The van der Waals surface area contributed by atoms with Crippen molar-refractivity contribution in [1.29, 1.82) is 0 Å². The second-order valence-electron chi connectivity index (χ2n) is 8.13. The summed E-state index contributed by atoms with van der Waals surface area (Å²) in [5.41, 5.74) is 3.07. The van der Waals surface area contributed by atoms with Gasteiger partial charge in [0.15, 0.2) is 11.8 Å². The molecule has 1 unspecified atom stereocenters. The molecule has 2 aromatic rings. The van der Waals surface area contributed by atoms with E-state index in [9.17, 15) is 4.79 Å². The number of hydrogen-bond acceptors (Lipinski definition) is 4. The van der Waals surface area contributed by atoms with Gasteiger partial charge in [-0.05, 0) is 44.9 Å². The van der Waals surface area contributed by atoms with E-state index < -0.39 is 0 Å². The molecular formula is C22H33N7O. The van der Waals surface area contributed by atoms with E-state index in [1.54, 1.807) is 0 Å². The molecule has 1 saturated heterocycles. The third-order valence-electron chi connectivity index (χ3n) is 5.13. The topological polar surface area (TPSA) is 87.4 Å². The number of rotatable bonds is 6. The second kappa shape index (κ2) is 9.73. The van der Waals surface area contributed by atoms with Gasteiger partial charge in [-0.15, -0.1) is 0 Å². The highest BCUT2D eigenvalue weighted by atomic mass is 16.2. The smallest absolute Gasteiger partial charge is 0.225 e. The fourth-order valence-electron chi connectivity index (χ4n) is 3.62. The number of amides is 1. The van der Waals surface area contributed by atoms with Crippen LogP contribution in [-0.2, 0) is 11.3 Å². The van der Waals surface area contributed by atoms with Crippen molar-refractivity contribution >= 4 is 11.9 Å². The van der Waals surface area contributed by atoms with Crippen molar-refractivity contribution < 1.29 is 4.79 Å². The Hall–Kier alpha value is -2.90. The van der Waals surface area contributed by atoms with Gasteiger partial charge in [0.2, 0.25) is 5.91 Å². The molecule has 3 heterocycles. The van der Waals surface area contributed by atoms with Crippen LogP contribution >= 0.6 is 0 Å². The van der Waals surface area contributed by atoms with Crippen LogP contribution in [0.25, 0.3) is 5.82 Å². The number of nitrogens with one attached hydrogen (secondary N) is 2. The number of aryl methyl sites for hydroxylation is 2. The van der Waals surface area contributed by atoms with Crippen LogP contribution in [0.1, 0.15) is 44.1 Å². The van der Waals surface area contributed by atoms with Crippen LogP contribution in [0.3, 0.4) is 0 Å². The van der Waals surface area contributed by atoms with E-state index in [2.05, 4.69) is 20.7 Å². The normalized spacial score (nSPS) is 16.9.